The van der Waals surface area contributed by atoms with Gasteiger partial charge in [-0.2, -0.15) is 12.6 Å². The molecule has 0 nitrogen and oxygen atoms in total. The fraction of sp³-hybridized carbons (Fsp3) is 1.00. The highest BCUT2D eigenvalue weighted by atomic mass is 32.3. The van der Waals surface area contributed by atoms with Crippen LogP contribution in [0.4, 0.5) is 0 Å². The zero-order chi connectivity index (χ0) is 5.11. The Morgan fingerprint density at radius 1 is 1.29 bits per heavy atom. The van der Waals surface area contributed by atoms with E-state index in [1.165, 1.54) is 10.2 Å². The highest BCUT2D eigenvalue weighted by molar-refractivity contribution is 8.38. The predicted octanol–water partition coefficient (Wildman–Crippen LogP) is 2.33. The van der Waals surface area contributed by atoms with Crippen LogP contribution in [-0.4, -0.2) is 14.1 Å². The summed E-state index contributed by atoms with van der Waals surface area (Å²) in [6.45, 7) is 0. The molecular formula is C3H6S4. The number of hydrogen-bond donors (Lipinski definition) is 1. The van der Waals surface area contributed by atoms with Gasteiger partial charge in [0.15, 0.2) is 0 Å². The average molecular weight is 170 g/mol. The van der Waals surface area contributed by atoms with Gasteiger partial charge in [0.05, 0.1) is 3.91 Å². The molecule has 42 valence electrons. The van der Waals surface area contributed by atoms with Crippen molar-refractivity contribution in [1.29, 1.82) is 0 Å². The van der Waals surface area contributed by atoms with Gasteiger partial charge in [0.2, 0.25) is 0 Å². The Morgan fingerprint density at radius 3 is 2.14 bits per heavy atom. The summed E-state index contributed by atoms with van der Waals surface area (Å²) in [7, 11) is 0. The van der Waals surface area contributed by atoms with Crippen LogP contribution in [0.5, 0.6) is 0 Å². The van der Waals surface area contributed by atoms with Crippen LogP contribution in [-0.2, 0) is 0 Å². The van der Waals surface area contributed by atoms with Gasteiger partial charge in [0, 0.05) is 10.2 Å². The van der Waals surface area contributed by atoms with E-state index in [1.54, 1.807) is 0 Å². The molecule has 0 unspecified atom stereocenters. The summed E-state index contributed by atoms with van der Waals surface area (Å²) in [4.78, 5) is 0. The molecule has 0 aromatic rings. The van der Waals surface area contributed by atoms with E-state index in [1.807, 2.05) is 35.3 Å². The van der Waals surface area contributed by atoms with Gasteiger partial charge in [-0.1, -0.05) is 0 Å². The topological polar surface area (TPSA) is 0 Å². The van der Waals surface area contributed by atoms with E-state index in [0.29, 0.717) is 3.91 Å². The molecule has 0 aromatic carbocycles. The Balaban J connectivity index is 2.12. The number of rotatable bonds is 0. The van der Waals surface area contributed by atoms with E-state index in [-0.39, 0.29) is 0 Å². The Labute approximate surface area is 62.0 Å². The minimum Gasteiger partial charge on any atom is -0.154 e. The highest BCUT2D eigenvalue weighted by Crippen LogP contribution is 2.37. The van der Waals surface area contributed by atoms with Crippen LogP contribution >= 0.6 is 47.9 Å². The molecule has 1 aliphatic heterocycles. The van der Waals surface area contributed by atoms with Crippen LogP contribution < -0.4 is 0 Å². The molecule has 0 bridgehead atoms. The van der Waals surface area contributed by atoms with Crippen molar-refractivity contribution in [1.82, 2.24) is 0 Å². The maximum atomic E-state index is 4.27. The summed E-state index contributed by atoms with van der Waals surface area (Å²) in [5.74, 6) is 0. The first-order chi connectivity index (χ1) is 3.39. The van der Waals surface area contributed by atoms with Crippen LogP contribution in [0.3, 0.4) is 0 Å². The molecule has 4 heteroatoms. The van der Waals surface area contributed by atoms with Crippen molar-refractivity contribution in [3.8, 4) is 0 Å². The van der Waals surface area contributed by atoms with E-state index >= 15 is 0 Å². The lowest BCUT2D eigenvalue weighted by Crippen LogP contribution is -1.92. The van der Waals surface area contributed by atoms with Gasteiger partial charge < -0.3 is 0 Å². The second-order valence-electron chi connectivity index (χ2n) is 1.08. The lowest BCUT2D eigenvalue weighted by molar-refractivity contribution is 1.96. The van der Waals surface area contributed by atoms with Crippen LogP contribution in [0.15, 0.2) is 0 Å². The molecule has 0 saturated carbocycles. The second-order valence-corrected chi connectivity index (χ2v) is 6.50. The predicted molar refractivity (Wildman–Crippen MR) is 45.3 cm³/mol. The van der Waals surface area contributed by atoms with E-state index in [9.17, 15) is 0 Å². The van der Waals surface area contributed by atoms with E-state index < -0.39 is 0 Å². The van der Waals surface area contributed by atoms with Gasteiger partial charge in [-0.25, -0.2) is 0 Å². The fourth-order valence-electron chi connectivity index (χ4n) is 0.295. The van der Waals surface area contributed by atoms with Crippen LogP contribution in [0, 0.1) is 0 Å². The van der Waals surface area contributed by atoms with Gasteiger partial charge in [-0.05, 0) is 0 Å². The molecule has 0 atom stereocenters. The normalized spacial score (nSPS) is 25.3. The van der Waals surface area contributed by atoms with Gasteiger partial charge in [0.25, 0.3) is 0 Å². The Hall–Kier alpha value is 1.40. The quantitative estimate of drug-likeness (QED) is 0.555. The molecule has 0 spiro atoms. The molecular weight excluding hydrogens is 164 g/mol. The molecule has 1 saturated heterocycles. The molecule has 1 fully saturated rings. The zero-order valence-corrected chi connectivity index (χ0v) is 7.01. The SMILES string of the molecule is SC1SCSCS1. The number of hydrogen-bond acceptors (Lipinski definition) is 4. The Kier molecular flexibility index (Phi) is 3.19. The van der Waals surface area contributed by atoms with Crippen molar-refractivity contribution >= 4 is 47.9 Å². The summed E-state index contributed by atoms with van der Waals surface area (Å²) in [6.07, 6.45) is 0. The van der Waals surface area contributed by atoms with Gasteiger partial charge in [-0.15, -0.1) is 35.3 Å². The number of thioether (sulfide) groups is 3. The first-order valence-electron chi connectivity index (χ1n) is 1.88. The van der Waals surface area contributed by atoms with Crippen molar-refractivity contribution in [2.45, 2.75) is 3.91 Å². The second kappa shape index (κ2) is 3.43. The molecule has 0 aromatic heterocycles. The zero-order valence-electron chi connectivity index (χ0n) is 3.66. The van der Waals surface area contributed by atoms with E-state index in [0.717, 1.165) is 0 Å². The fourth-order valence-corrected chi connectivity index (χ4v) is 5.36. The van der Waals surface area contributed by atoms with Gasteiger partial charge in [0.1, 0.15) is 0 Å². The Bertz CT molecular complexity index is 48.9. The third-order valence-corrected chi connectivity index (χ3v) is 5.29. The van der Waals surface area contributed by atoms with Crippen molar-refractivity contribution in [2.75, 3.05) is 10.2 Å². The lowest BCUT2D eigenvalue weighted by Gasteiger charge is -2.13. The molecule has 0 amide bonds. The summed E-state index contributed by atoms with van der Waals surface area (Å²) < 4.78 is 0.543. The first kappa shape index (κ1) is 6.52. The van der Waals surface area contributed by atoms with Crippen LogP contribution in [0.1, 0.15) is 0 Å². The smallest absolute Gasteiger partial charge is 0.0944 e. The molecule has 0 aliphatic carbocycles. The third kappa shape index (κ3) is 2.44. The summed E-state index contributed by atoms with van der Waals surface area (Å²) >= 11 is 10.1. The molecule has 1 rings (SSSR count). The van der Waals surface area contributed by atoms with E-state index in [2.05, 4.69) is 12.6 Å². The third-order valence-electron chi connectivity index (χ3n) is 0.588. The van der Waals surface area contributed by atoms with E-state index in [4.69, 9.17) is 0 Å². The highest BCUT2D eigenvalue weighted by Gasteiger charge is 2.08. The summed E-state index contributed by atoms with van der Waals surface area (Å²) in [5.41, 5.74) is 0. The molecule has 1 aliphatic rings. The largest absolute Gasteiger partial charge is 0.154 e. The maximum absolute atomic E-state index is 4.27. The first-order valence-corrected chi connectivity index (χ1v) is 5.65. The molecule has 0 N–H and O–H groups in total. The molecule has 1 heterocycles. The molecule has 0 radical (unpaired) electrons. The minimum absolute atomic E-state index is 0.543. The standard InChI is InChI=1S/C3H6S4/c4-3-6-1-5-2-7-3/h3-4H,1-2H2. The van der Waals surface area contributed by atoms with Crippen molar-refractivity contribution in [3.05, 3.63) is 0 Å². The van der Waals surface area contributed by atoms with Gasteiger partial charge >= 0.3 is 0 Å². The summed E-state index contributed by atoms with van der Waals surface area (Å²) in [5, 5.41) is 2.45. The van der Waals surface area contributed by atoms with Crippen molar-refractivity contribution in [2.24, 2.45) is 0 Å². The summed E-state index contributed by atoms with van der Waals surface area (Å²) in [6, 6.07) is 0. The minimum atomic E-state index is 0.543. The van der Waals surface area contributed by atoms with Crippen LogP contribution in [0.2, 0.25) is 0 Å². The lowest BCUT2D eigenvalue weighted by atomic mass is 11.8. The maximum Gasteiger partial charge on any atom is 0.0944 e. The van der Waals surface area contributed by atoms with Crippen molar-refractivity contribution < 1.29 is 0 Å². The van der Waals surface area contributed by atoms with Gasteiger partial charge in [-0.3, -0.25) is 0 Å². The number of thiol groups is 1. The molecule has 7 heavy (non-hydrogen) atoms. The van der Waals surface area contributed by atoms with Crippen LogP contribution in [0.25, 0.3) is 0 Å². The van der Waals surface area contributed by atoms with Crippen molar-refractivity contribution in [3.63, 3.8) is 0 Å². The monoisotopic (exact) mass is 170 g/mol. The average Bonchev–Trinajstić information content (AvgIpc) is 1.69. The Morgan fingerprint density at radius 2 is 1.86 bits per heavy atom.